The number of hydrogen-bond donors (Lipinski definition) is 1. The Morgan fingerprint density at radius 3 is 2.36 bits per heavy atom. The molecular weight excluding hydrogens is 286 g/mol. The summed E-state index contributed by atoms with van der Waals surface area (Å²) in [5, 5.41) is 10.9. The second-order valence-corrected chi connectivity index (χ2v) is 4.74. The van der Waals surface area contributed by atoms with Crippen molar-refractivity contribution in [3.05, 3.63) is 29.8 Å². The van der Waals surface area contributed by atoms with E-state index in [1.807, 2.05) is 0 Å². The van der Waals surface area contributed by atoms with Crippen molar-refractivity contribution in [1.29, 1.82) is 5.26 Å². The number of esters is 1. The second-order valence-electron chi connectivity index (χ2n) is 4.74. The number of anilines is 1. The van der Waals surface area contributed by atoms with E-state index < -0.39 is 18.0 Å². The summed E-state index contributed by atoms with van der Waals surface area (Å²) in [6, 6.07) is 7.71. The van der Waals surface area contributed by atoms with Gasteiger partial charge in [-0.1, -0.05) is 0 Å². The molecule has 1 aromatic rings. The Labute approximate surface area is 128 Å². The summed E-state index contributed by atoms with van der Waals surface area (Å²) in [6.07, 6.45) is -1.12. The van der Waals surface area contributed by atoms with Crippen LogP contribution >= 0.6 is 0 Å². The molecule has 7 nitrogen and oxygen atoms in total. The molecule has 0 unspecified atom stereocenters. The van der Waals surface area contributed by atoms with Crippen LogP contribution in [0.1, 0.15) is 23.7 Å². The molecule has 2 amide bonds. The lowest BCUT2D eigenvalue weighted by Crippen LogP contribution is -2.34. The topological polar surface area (TPSA) is 99.5 Å². The van der Waals surface area contributed by atoms with Gasteiger partial charge in [0.15, 0.2) is 6.10 Å². The van der Waals surface area contributed by atoms with Crippen LogP contribution in [0.2, 0.25) is 0 Å². The van der Waals surface area contributed by atoms with Gasteiger partial charge in [0.05, 0.1) is 11.6 Å². The van der Waals surface area contributed by atoms with Crippen LogP contribution < -0.4 is 5.32 Å². The number of likely N-dealkylation sites (N-methyl/N-ethyl adjacent to an activating group) is 1. The Kier molecular flexibility index (Phi) is 6.08. The minimum Gasteiger partial charge on any atom is -0.449 e. The van der Waals surface area contributed by atoms with E-state index in [-0.39, 0.29) is 17.9 Å². The lowest BCUT2D eigenvalue weighted by molar-refractivity contribution is -0.137. The number of amides is 2. The first-order valence-electron chi connectivity index (χ1n) is 6.54. The quantitative estimate of drug-likeness (QED) is 0.823. The van der Waals surface area contributed by atoms with Gasteiger partial charge in [-0.25, -0.2) is 4.79 Å². The number of hydrogen-bond acceptors (Lipinski definition) is 5. The van der Waals surface area contributed by atoms with Gasteiger partial charge in [-0.05, 0) is 31.2 Å². The molecule has 0 aromatic heterocycles. The van der Waals surface area contributed by atoms with Crippen molar-refractivity contribution in [3.63, 3.8) is 0 Å². The summed E-state index contributed by atoms with van der Waals surface area (Å²) in [5.74, 6) is -1.37. The third-order valence-corrected chi connectivity index (χ3v) is 2.72. The number of ether oxygens (including phenoxy) is 1. The van der Waals surface area contributed by atoms with Gasteiger partial charge in [0, 0.05) is 19.8 Å². The molecule has 1 atom stereocenters. The van der Waals surface area contributed by atoms with E-state index in [0.29, 0.717) is 5.69 Å². The zero-order valence-corrected chi connectivity index (χ0v) is 12.6. The monoisotopic (exact) mass is 303 g/mol. The summed E-state index contributed by atoms with van der Waals surface area (Å²) in [5.41, 5.74) is 0.728. The molecule has 0 fully saturated rings. The highest BCUT2D eigenvalue weighted by Gasteiger charge is 2.20. The van der Waals surface area contributed by atoms with E-state index in [9.17, 15) is 14.4 Å². The highest BCUT2D eigenvalue weighted by molar-refractivity contribution is 5.94. The molecule has 1 N–H and O–H groups in total. The number of benzene rings is 1. The van der Waals surface area contributed by atoms with Crippen LogP contribution in [0.15, 0.2) is 24.3 Å². The summed E-state index contributed by atoms with van der Waals surface area (Å²) in [6.45, 7) is 1.50. The molecule has 0 aliphatic heterocycles. The van der Waals surface area contributed by atoms with E-state index in [0.717, 1.165) is 0 Å². The maximum atomic E-state index is 11.9. The first-order valence-corrected chi connectivity index (χ1v) is 6.54. The molecule has 1 rings (SSSR count). The molecule has 0 spiro atoms. The molecule has 0 aliphatic carbocycles. The van der Waals surface area contributed by atoms with Gasteiger partial charge >= 0.3 is 5.97 Å². The number of carbonyl (C=O) groups excluding carboxylic acids is 3. The molecule has 0 saturated carbocycles. The van der Waals surface area contributed by atoms with Gasteiger partial charge < -0.3 is 15.0 Å². The normalized spacial score (nSPS) is 11.0. The van der Waals surface area contributed by atoms with Gasteiger partial charge in [-0.2, -0.15) is 5.26 Å². The smallest absolute Gasteiger partial charge is 0.338 e. The maximum absolute atomic E-state index is 11.9. The van der Waals surface area contributed by atoms with Crippen molar-refractivity contribution in [2.75, 3.05) is 19.4 Å². The van der Waals surface area contributed by atoms with E-state index in [2.05, 4.69) is 5.32 Å². The lowest BCUT2D eigenvalue weighted by Gasteiger charge is -2.17. The SMILES string of the molecule is C[C@H](OC(=O)c1ccc(NC(=O)CC#N)cc1)C(=O)N(C)C. The zero-order valence-electron chi connectivity index (χ0n) is 12.6. The van der Waals surface area contributed by atoms with Crippen LogP contribution in [-0.4, -0.2) is 42.9 Å². The minimum absolute atomic E-state index is 0.242. The summed E-state index contributed by atoms with van der Waals surface area (Å²) >= 11 is 0. The number of nitrogens with zero attached hydrogens (tertiary/aromatic N) is 2. The van der Waals surface area contributed by atoms with Gasteiger partial charge in [-0.3, -0.25) is 9.59 Å². The largest absolute Gasteiger partial charge is 0.449 e. The Morgan fingerprint density at radius 2 is 1.86 bits per heavy atom. The number of rotatable bonds is 5. The Balaban J connectivity index is 2.66. The Hall–Kier alpha value is -2.88. The van der Waals surface area contributed by atoms with Crippen molar-refractivity contribution < 1.29 is 19.1 Å². The lowest BCUT2D eigenvalue weighted by atomic mass is 10.2. The van der Waals surface area contributed by atoms with Crippen molar-refractivity contribution in [2.24, 2.45) is 0 Å². The molecule has 7 heteroatoms. The standard InChI is InChI=1S/C15H17N3O4/c1-10(14(20)18(2)3)22-15(21)11-4-6-12(7-5-11)17-13(19)8-9-16/h4-7,10H,8H2,1-3H3,(H,17,19)/t10-/m0/s1. The maximum Gasteiger partial charge on any atom is 0.338 e. The summed E-state index contributed by atoms with van der Waals surface area (Å²) in [7, 11) is 3.15. The van der Waals surface area contributed by atoms with Gasteiger partial charge in [-0.15, -0.1) is 0 Å². The molecule has 0 heterocycles. The second kappa shape index (κ2) is 7.78. The third-order valence-electron chi connectivity index (χ3n) is 2.72. The van der Waals surface area contributed by atoms with Crippen LogP contribution in [0, 0.1) is 11.3 Å². The molecule has 116 valence electrons. The van der Waals surface area contributed by atoms with Gasteiger partial charge in [0.25, 0.3) is 5.91 Å². The molecular formula is C15H17N3O4. The van der Waals surface area contributed by atoms with Crippen LogP contribution in [0.5, 0.6) is 0 Å². The van der Waals surface area contributed by atoms with Gasteiger partial charge in [0.1, 0.15) is 6.42 Å². The summed E-state index contributed by atoms with van der Waals surface area (Å²) in [4.78, 5) is 36.1. The zero-order chi connectivity index (χ0) is 16.7. The molecule has 0 aliphatic rings. The number of nitriles is 1. The van der Waals surface area contributed by atoms with Crippen molar-refractivity contribution in [1.82, 2.24) is 4.90 Å². The minimum atomic E-state index is -0.877. The fraction of sp³-hybridized carbons (Fsp3) is 0.333. The van der Waals surface area contributed by atoms with E-state index in [4.69, 9.17) is 10.00 Å². The van der Waals surface area contributed by atoms with Crippen LogP contribution in [-0.2, 0) is 14.3 Å². The molecule has 1 aromatic carbocycles. The Morgan fingerprint density at radius 1 is 1.27 bits per heavy atom. The molecule has 0 saturated heterocycles. The van der Waals surface area contributed by atoms with Crippen molar-refractivity contribution in [3.8, 4) is 6.07 Å². The highest BCUT2D eigenvalue weighted by Crippen LogP contribution is 2.12. The molecule has 0 bridgehead atoms. The third kappa shape index (κ3) is 4.90. The predicted octanol–water partition coefficient (Wildman–Crippen LogP) is 1.17. The Bertz CT molecular complexity index is 602. The average molecular weight is 303 g/mol. The van der Waals surface area contributed by atoms with Crippen molar-refractivity contribution >= 4 is 23.5 Å². The average Bonchev–Trinajstić information content (AvgIpc) is 2.47. The molecule has 22 heavy (non-hydrogen) atoms. The van der Waals surface area contributed by atoms with Gasteiger partial charge in [0.2, 0.25) is 5.91 Å². The first-order chi connectivity index (χ1) is 10.3. The van der Waals surface area contributed by atoms with E-state index >= 15 is 0 Å². The van der Waals surface area contributed by atoms with Crippen molar-refractivity contribution in [2.45, 2.75) is 19.4 Å². The summed E-state index contributed by atoms with van der Waals surface area (Å²) < 4.78 is 5.06. The van der Waals surface area contributed by atoms with Crippen LogP contribution in [0.4, 0.5) is 5.69 Å². The molecule has 0 radical (unpaired) electrons. The van der Waals surface area contributed by atoms with Crippen LogP contribution in [0.25, 0.3) is 0 Å². The fourth-order valence-corrected chi connectivity index (χ4v) is 1.61. The highest BCUT2D eigenvalue weighted by atomic mass is 16.5. The number of nitrogens with one attached hydrogen (secondary N) is 1. The number of carbonyl (C=O) groups is 3. The van der Waals surface area contributed by atoms with Crippen LogP contribution in [0.3, 0.4) is 0 Å². The fourth-order valence-electron chi connectivity index (χ4n) is 1.61. The van der Waals surface area contributed by atoms with E-state index in [1.165, 1.54) is 36.1 Å². The first kappa shape index (κ1) is 17.2. The van der Waals surface area contributed by atoms with E-state index in [1.54, 1.807) is 20.2 Å². The predicted molar refractivity (Wildman–Crippen MR) is 78.9 cm³/mol.